The Labute approximate surface area is 123 Å². The zero-order valence-electron chi connectivity index (χ0n) is 9.71. The van der Waals surface area contributed by atoms with Crippen molar-refractivity contribution in [2.75, 3.05) is 0 Å². The van der Waals surface area contributed by atoms with Gasteiger partial charge in [-0.05, 0) is 31.2 Å². The van der Waals surface area contributed by atoms with Gasteiger partial charge in [0, 0.05) is 27.5 Å². The van der Waals surface area contributed by atoms with Crippen LogP contribution in [0.3, 0.4) is 0 Å². The van der Waals surface area contributed by atoms with E-state index in [1.807, 2.05) is 25.1 Å². The fraction of sp³-hybridized carbons (Fsp3) is 0.231. The maximum atomic E-state index is 13.7. The molecule has 0 aliphatic carbocycles. The molecular weight excluding hydrogens is 337 g/mol. The molecule has 1 heterocycles. The summed E-state index contributed by atoms with van der Waals surface area (Å²) in [7, 11) is 0. The van der Waals surface area contributed by atoms with Crippen LogP contribution in [0.15, 0.2) is 34.8 Å². The van der Waals surface area contributed by atoms with Crippen LogP contribution < -0.4 is 5.32 Å². The second-order valence-corrected chi connectivity index (χ2v) is 6.69. The van der Waals surface area contributed by atoms with Crippen LogP contribution in [0.1, 0.15) is 23.4 Å². The fourth-order valence-electron chi connectivity index (χ4n) is 1.66. The molecule has 2 aromatic rings. The monoisotopic (exact) mass is 347 g/mol. The molecule has 2 rings (SSSR count). The SMILES string of the molecule is CC(NCc1ccc(Cl)s1)c1ccc(Br)cc1F. The third kappa shape index (κ3) is 3.54. The third-order valence-electron chi connectivity index (χ3n) is 2.64. The minimum atomic E-state index is -0.200. The van der Waals surface area contributed by atoms with Crippen molar-refractivity contribution in [3.63, 3.8) is 0 Å². The summed E-state index contributed by atoms with van der Waals surface area (Å²) in [5.41, 5.74) is 0.667. The molecule has 1 aromatic heterocycles. The van der Waals surface area contributed by atoms with E-state index >= 15 is 0 Å². The first-order chi connectivity index (χ1) is 8.56. The van der Waals surface area contributed by atoms with E-state index in [2.05, 4.69) is 21.2 Å². The molecule has 0 aliphatic heterocycles. The lowest BCUT2D eigenvalue weighted by molar-refractivity contribution is 0.530. The number of halogens is 3. The van der Waals surface area contributed by atoms with E-state index in [0.717, 1.165) is 13.7 Å². The van der Waals surface area contributed by atoms with Crippen LogP contribution in [-0.4, -0.2) is 0 Å². The van der Waals surface area contributed by atoms with Crippen molar-refractivity contribution in [1.82, 2.24) is 5.32 Å². The highest BCUT2D eigenvalue weighted by Gasteiger charge is 2.11. The average molecular weight is 349 g/mol. The van der Waals surface area contributed by atoms with Gasteiger partial charge in [0.2, 0.25) is 0 Å². The maximum Gasteiger partial charge on any atom is 0.129 e. The average Bonchev–Trinajstić information content (AvgIpc) is 2.72. The van der Waals surface area contributed by atoms with Crippen molar-refractivity contribution in [2.45, 2.75) is 19.5 Å². The molecule has 0 spiro atoms. The smallest absolute Gasteiger partial charge is 0.129 e. The molecule has 1 unspecified atom stereocenters. The minimum absolute atomic E-state index is 0.0426. The van der Waals surface area contributed by atoms with Crippen molar-refractivity contribution >= 4 is 38.9 Å². The van der Waals surface area contributed by atoms with Crippen molar-refractivity contribution in [1.29, 1.82) is 0 Å². The highest BCUT2D eigenvalue weighted by Crippen LogP contribution is 2.24. The Morgan fingerprint density at radius 2 is 2.17 bits per heavy atom. The van der Waals surface area contributed by atoms with Gasteiger partial charge in [0.15, 0.2) is 0 Å². The van der Waals surface area contributed by atoms with Crippen LogP contribution in [-0.2, 0) is 6.54 Å². The highest BCUT2D eigenvalue weighted by molar-refractivity contribution is 9.10. The van der Waals surface area contributed by atoms with Crippen molar-refractivity contribution in [3.8, 4) is 0 Å². The predicted octanol–water partition coefficient (Wildman–Crippen LogP) is 5.15. The Morgan fingerprint density at radius 1 is 1.39 bits per heavy atom. The lowest BCUT2D eigenvalue weighted by Gasteiger charge is -2.14. The van der Waals surface area contributed by atoms with Crippen molar-refractivity contribution in [3.05, 3.63) is 55.4 Å². The summed E-state index contributed by atoms with van der Waals surface area (Å²) in [5.74, 6) is -0.200. The zero-order valence-corrected chi connectivity index (χ0v) is 12.9. The summed E-state index contributed by atoms with van der Waals surface area (Å²) >= 11 is 10.6. The number of benzene rings is 1. The second kappa shape index (κ2) is 6.15. The molecule has 18 heavy (non-hydrogen) atoms. The highest BCUT2D eigenvalue weighted by atomic mass is 79.9. The van der Waals surface area contributed by atoms with Gasteiger partial charge < -0.3 is 5.32 Å². The van der Waals surface area contributed by atoms with Crippen LogP contribution in [0.4, 0.5) is 4.39 Å². The Morgan fingerprint density at radius 3 is 2.78 bits per heavy atom. The van der Waals surface area contributed by atoms with E-state index in [9.17, 15) is 4.39 Å². The molecule has 1 atom stereocenters. The van der Waals surface area contributed by atoms with Crippen LogP contribution in [0.5, 0.6) is 0 Å². The number of nitrogens with one attached hydrogen (secondary N) is 1. The third-order valence-corrected chi connectivity index (χ3v) is 4.36. The van der Waals surface area contributed by atoms with Crippen LogP contribution >= 0.6 is 38.9 Å². The van der Waals surface area contributed by atoms with Crippen molar-refractivity contribution in [2.24, 2.45) is 0 Å². The molecule has 0 radical (unpaired) electrons. The van der Waals surface area contributed by atoms with Gasteiger partial charge >= 0.3 is 0 Å². The predicted molar refractivity (Wildman–Crippen MR) is 78.7 cm³/mol. The van der Waals surface area contributed by atoms with E-state index in [-0.39, 0.29) is 11.9 Å². The molecule has 1 aromatic carbocycles. The summed E-state index contributed by atoms with van der Waals surface area (Å²) in [6, 6.07) is 8.92. The molecule has 1 nitrogen and oxygen atoms in total. The van der Waals surface area contributed by atoms with Gasteiger partial charge in [0.05, 0.1) is 4.34 Å². The molecule has 96 valence electrons. The maximum absolute atomic E-state index is 13.7. The first-order valence-corrected chi connectivity index (χ1v) is 7.47. The molecule has 0 saturated heterocycles. The quantitative estimate of drug-likeness (QED) is 0.805. The lowest BCUT2D eigenvalue weighted by atomic mass is 10.1. The summed E-state index contributed by atoms with van der Waals surface area (Å²) in [6.07, 6.45) is 0. The normalized spacial score (nSPS) is 12.7. The molecule has 0 bridgehead atoms. The van der Waals surface area contributed by atoms with Crippen LogP contribution in [0, 0.1) is 5.82 Å². The molecule has 0 amide bonds. The number of thiophene rings is 1. The molecule has 0 fully saturated rings. The van der Waals surface area contributed by atoms with Gasteiger partial charge in [0.1, 0.15) is 5.82 Å². The molecule has 0 saturated carbocycles. The summed E-state index contributed by atoms with van der Waals surface area (Å²) < 4.78 is 15.3. The van der Waals surface area contributed by atoms with E-state index in [1.165, 1.54) is 17.4 Å². The van der Waals surface area contributed by atoms with E-state index < -0.39 is 0 Å². The van der Waals surface area contributed by atoms with E-state index in [0.29, 0.717) is 12.1 Å². The molecule has 0 aliphatic rings. The van der Waals surface area contributed by atoms with E-state index in [4.69, 9.17) is 11.6 Å². The first-order valence-electron chi connectivity index (χ1n) is 5.49. The Hall–Kier alpha value is -0.420. The largest absolute Gasteiger partial charge is 0.305 e. The van der Waals surface area contributed by atoms with Crippen LogP contribution in [0.25, 0.3) is 0 Å². The molecular formula is C13H12BrClFNS. The van der Waals surface area contributed by atoms with Gasteiger partial charge in [-0.1, -0.05) is 33.6 Å². The van der Waals surface area contributed by atoms with Gasteiger partial charge in [-0.15, -0.1) is 11.3 Å². The van der Waals surface area contributed by atoms with Gasteiger partial charge in [-0.2, -0.15) is 0 Å². The zero-order chi connectivity index (χ0) is 13.1. The summed E-state index contributed by atoms with van der Waals surface area (Å²) in [5, 5.41) is 3.29. The standard InChI is InChI=1S/C13H12BrClFNS/c1-8(11-4-2-9(14)6-12(11)16)17-7-10-3-5-13(15)18-10/h2-6,8,17H,7H2,1H3. The lowest BCUT2D eigenvalue weighted by Crippen LogP contribution is -2.18. The molecule has 1 N–H and O–H groups in total. The Balaban J connectivity index is 2.01. The fourth-order valence-corrected chi connectivity index (χ4v) is 3.03. The van der Waals surface area contributed by atoms with Gasteiger partial charge in [0.25, 0.3) is 0 Å². The van der Waals surface area contributed by atoms with Gasteiger partial charge in [-0.25, -0.2) is 4.39 Å². The first kappa shape index (κ1) is 14.0. The number of hydrogen-bond acceptors (Lipinski definition) is 2. The van der Waals surface area contributed by atoms with Crippen molar-refractivity contribution < 1.29 is 4.39 Å². The Kier molecular flexibility index (Phi) is 4.78. The second-order valence-electron chi connectivity index (χ2n) is 3.97. The number of rotatable bonds is 4. The van der Waals surface area contributed by atoms with Crippen LogP contribution in [0.2, 0.25) is 4.34 Å². The van der Waals surface area contributed by atoms with Gasteiger partial charge in [-0.3, -0.25) is 0 Å². The minimum Gasteiger partial charge on any atom is -0.305 e. The number of hydrogen-bond donors (Lipinski definition) is 1. The molecule has 5 heteroatoms. The summed E-state index contributed by atoms with van der Waals surface area (Å²) in [6.45, 7) is 2.63. The Bertz CT molecular complexity index is 544. The van der Waals surface area contributed by atoms with E-state index in [1.54, 1.807) is 6.07 Å². The summed E-state index contributed by atoms with van der Waals surface area (Å²) in [4.78, 5) is 1.14. The topological polar surface area (TPSA) is 12.0 Å².